The SMILES string of the molecule is Cc1ccc(OCC(=O)Nc2cccc3c2CN(C2CCC(=O)NC2=O)C3=O)cc1. The number of anilines is 1. The molecule has 154 valence electrons. The zero-order valence-corrected chi connectivity index (χ0v) is 16.4. The van der Waals surface area contributed by atoms with Crippen LogP contribution in [0.25, 0.3) is 0 Å². The van der Waals surface area contributed by atoms with E-state index in [1.807, 2.05) is 19.1 Å². The van der Waals surface area contributed by atoms with Crippen LogP contribution in [0.3, 0.4) is 0 Å². The van der Waals surface area contributed by atoms with Crippen molar-refractivity contribution in [3.05, 3.63) is 59.2 Å². The van der Waals surface area contributed by atoms with Crippen molar-refractivity contribution in [1.82, 2.24) is 10.2 Å². The summed E-state index contributed by atoms with van der Waals surface area (Å²) in [6.07, 6.45) is 0.479. The molecule has 1 atom stereocenters. The van der Waals surface area contributed by atoms with Crippen LogP contribution < -0.4 is 15.4 Å². The molecule has 0 aromatic heterocycles. The molecular formula is C22H21N3O5. The number of hydrogen-bond donors (Lipinski definition) is 2. The van der Waals surface area contributed by atoms with Crippen LogP contribution in [0.15, 0.2) is 42.5 Å². The average molecular weight is 407 g/mol. The van der Waals surface area contributed by atoms with Crippen LogP contribution in [0, 0.1) is 6.92 Å². The number of imide groups is 1. The van der Waals surface area contributed by atoms with Gasteiger partial charge in [0.15, 0.2) is 6.61 Å². The predicted octanol–water partition coefficient (Wildman–Crippen LogP) is 1.77. The molecule has 0 radical (unpaired) electrons. The molecule has 8 heteroatoms. The van der Waals surface area contributed by atoms with Crippen molar-refractivity contribution < 1.29 is 23.9 Å². The molecule has 2 aliphatic rings. The van der Waals surface area contributed by atoms with Gasteiger partial charge in [0, 0.05) is 29.8 Å². The van der Waals surface area contributed by atoms with Crippen LogP contribution in [0.5, 0.6) is 5.75 Å². The molecular weight excluding hydrogens is 386 g/mol. The van der Waals surface area contributed by atoms with Gasteiger partial charge in [-0.15, -0.1) is 0 Å². The second-order valence-corrected chi connectivity index (χ2v) is 7.38. The number of ether oxygens (including phenoxy) is 1. The van der Waals surface area contributed by atoms with Crippen LogP contribution >= 0.6 is 0 Å². The zero-order valence-electron chi connectivity index (χ0n) is 16.4. The topological polar surface area (TPSA) is 105 Å². The largest absolute Gasteiger partial charge is 0.484 e. The first-order chi connectivity index (χ1) is 14.4. The highest BCUT2D eigenvalue weighted by atomic mass is 16.5. The Kier molecular flexibility index (Phi) is 5.22. The van der Waals surface area contributed by atoms with Crippen LogP contribution in [-0.4, -0.2) is 41.2 Å². The fourth-order valence-corrected chi connectivity index (χ4v) is 3.67. The van der Waals surface area contributed by atoms with Gasteiger partial charge in [0.25, 0.3) is 11.8 Å². The summed E-state index contributed by atoms with van der Waals surface area (Å²) in [6.45, 7) is 1.99. The number of rotatable bonds is 5. The smallest absolute Gasteiger partial charge is 0.262 e. The maximum atomic E-state index is 12.8. The molecule has 8 nitrogen and oxygen atoms in total. The number of nitrogens with one attached hydrogen (secondary N) is 2. The van der Waals surface area contributed by atoms with Gasteiger partial charge >= 0.3 is 0 Å². The molecule has 2 heterocycles. The predicted molar refractivity (Wildman–Crippen MR) is 108 cm³/mol. The first-order valence-electron chi connectivity index (χ1n) is 9.68. The third-order valence-electron chi connectivity index (χ3n) is 5.25. The van der Waals surface area contributed by atoms with Crippen molar-refractivity contribution in [3.8, 4) is 5.75 Å². The van der Waals surface area contributed by atoms with E-state index in [4.69, 9.17) is 4.74 Å². The van der Waals surface area contributed by atoms with Gasteiger partial charge in [-0.3, -0.25) is 24.5 Å². The zero-order chi connectivity index (χ0) is 21.3. The highest BCUT2D eigenvalue weighted by molar-refractivity contribution is 6.06. The minimum Gasteiger partial charge on any atom is -0.484 e. The molecule has 4 rings (SSSR count). The summed E-state index contributed by atoms with van der Waals surface area (Å²) in [5.74, 6) is -0.845. The first kappa shape index (κ1) is 19.6. The number of carbonyl (C=O) groups excluding carboxylic acids is 4. The lowest BCUT2D eigenvalue weighted by Crippen LogP contribution is -2.52. The van der Waals surface area contributed by atoms with E-state index in [1.54, 1.807) is 30.3 Å². The molecule has 0 saturated carbocycles. The Morgan fingerprint density at radius 1 is 1.17 bits per heavy atom. The van der Waals surface area contributed by atoms with Crippen molar-refractivity contribution in [2.45, 2.75) is 32.4 Å². The summed E-state index contributed by atoms with van der Waals surface area (Å²) in [4.78, 5) is 50.2. The number of piperidine rings is 1. The van der Waals surface area contributed by atoms with E-state index < -0.39 is 11.9 Å². The minimum atomic E-state index is -0.698. The number of hydrogen-bond acceptors (Lipinski definition) is 5. The first-order valence-corrected chi connectivity index (χ1v) is 9.68. The Balaban J connectivity index is 1.44. The fraction of sp³-hybridized carbons (Fsp3) is 0.273. The molecule has 0 bridgehead atoms. The monoisotopic (exact) mass is 407 g/mol. The molecule has 2 aromatic carbocycles. The van der Waals surface area contributed by atoms with E-state index in [9.17, 15) is 19.2 Å². The Hall–Kier alpha value is -3.68. The van der Waals surface area contributed by atoms with Crippen LogP contribution in [0.2, 0.25) is 0 Å². The summed E-state index contributed by atoms with van der Waals surface area (Å²) in [5, 5.41) is 5.07. The van der Waals surface area contributed by atoms with E-state index in [-0.39, 0.29) is 43.7 Å². The van der Waals surface area contributed by atoms with Gasteiger partial charge in [-0.1, -0.05) is 23.8 Å². The summed E-state index contributed by atoms with van der Waals surface area (Å²) in [5.41, 5.74) is 2.69. The van der Waals surface area contributed by atoms with Gasteiger partial charge in [-0.05, 0) is 37.6 Å². The Morgan fingerprint density at radius 2 is 1.93 bits per heavy atom. The standard InChI is InChI=1S/C22H21N3O5/c1-13-5-7-14(8-6-13)30-12-20(27)23-17-4-2-3-15-16(17)11-25(22(15)29)18-9-10-19(26)24-21(18)28/h2-8,18H,9-12H2,1H3,(H,23,27)(H,24,26,28). The quantitative estimate of drug-likeness (QED) is 0.735. The molecule has 1 saturated heterocycles. The molecule has 2 aliphatic heterocycles. The van der Waals surface area contributed by atoms with E-state index in [1.165, 1.54) is 4.90 Å². The summed E-state index contributed by atoms with van der Waals surface area (Å²) < 4.78 is 5.50. The number of aryl methyl sites for hydroxylation is 1. The Bertz CT molecular complexity index is 1030. The second-order valence-electron chi connectivity index (χ2n) is 7.38. The number of fused-ring (bicyclic) bond motifs is 1. The van der Waals surface area contributed by atoms with E-state index in [0.29, 0.717) is 22.6 Å². The summed E-state index contributed by atoms with van der Waals surface area (Å²) in [6, 6.07) is 11.7. The van der Waals surface area contributed by atoms with Crippen LogP contribution in [0.4, 0.5) is 5.69 Å². The normalized spacial score (nSPS) is 18.1. The molecule has 2 N–H and O–H groups in total. The Morgan fingerprint density at radius 3 is 2.67 bits per heavy atom. The lowest BCUT2D eigenvalue weighted by Gasteiger charge is -2.29. The van der Waals surface area contributed by atoms with Gasteiger partial charge in [0.2, 0.25) is 11.8 Å². The third kappa shape index (κ3) is 3.89. The highest BCUT2D eigenvalue weighted by Gasteiger charge is 2.39. The molecule has 0 spiro atoms. The van der Waals surface area contributed by atoms with Crippen LogP contribution in [-0.2, 0) is 20.9 Å². The lowest BCUT2D eigenvalue weighted by molar-refractivity contribution is -0.137. The van der Waals surface area contributed by atoms with Crippen molar-refractivity contribution in [2.24, 2.45) is 0 Å². The number of amides is 4. The molecule has 1 unspecified atom stereocenters. The highest BCUT2D eigenvalue weighted by Crippen LogP contribution is 2.32. The maximum absolute atomic E-state index is 12.8. The van der Waals surface area contributed by atoms with Gasteiger partial charge in [-0.25, -0.2) is 0 Å². The Labute approximate surface area is 173 Å². The molecule has 4 amide bonds. The minimum absolute atomic E-state index is 0.169. The summed E-state index contributed by atoms with van der Waals surface area (Å²) in [7, 11) is 0. The van der Waals surface area contributed by atoms with Gasteiger partial charge in [0.05, 0.1) is 0 Å². The maximum Gasteiger partial charge on any atom is 0.262 e. The van der Waals surface area contributed by atoms with E-state index in [0.717, 1.165) is 5.56 Å². The van der Waals surface area contributed by atoms with Gasteiger partial charge in [-0.2, -0.15) is 0 Å². The molecule has 0 aliphatic carbocycles. The van der Waals surface area contributed by atoms with Gasteiger partial charge in [0.1, 0.15) is 11.8 Å². The number of benzene rings is 2. The molecule has 30 heavy (non-hydrogen) atoms. The van der Waals surface area contributed by atoms with Gasteiger partial charge < -0.3 is 15.0 Å². The van der Waals surface area contributed by atoms with Crippen molar-refractivity contribution in [2.75, 3.05) is 11.9 Å². The average Bonchev–Trinajstić information content (AvgIpc) is 3.05. The summed E-state index contributed by atoms with van der Waals surface area (Å²) >= 11 is 0. The lowest BCUT2D eigenvalue weighted by atomic mass is 10.0. The van der Waals surface area contributed by atoms with E-state index >= 15 is 0 Å². The third-order valence-corrected chi connectivity index (χ3v) is 5.25. The van der Waals surface area contributed by atoms with Crippen LogP contribution in [0.1, 0.15) is 34.3 Å². The van der Waals surface area contributed by atoms with E-state index in [2.05, 4.69) is 10.6 Å². The second kappa shape index (κ2) is 7.98. The number of carbonyl (C=O) groups is 4. The molecule has 2 aromatic rings. The van der Waals surface area contributed by atoms with Crippen molar-refractivity contribution >= 4 is 29.3 Å². The molecule has 1 fully saturated rings. The van der Waals surface area contributed by atoms with Crippen molar-refractivity contribution in [3.63, 3.8) is 0 Å². The van der Waals surface area contributed by atoms with Crippen molar-refractivity contribution in [1.29, 1.82) is 0 Å². The fourth-order valence-electron chi connectivity index (χ4n) is 3.67. The number of nitrogens with zero attached hydrogens (tertiary/aromatic N) is 1.